The third kappa shape index (κ3) is 3.07. The minimum Gasteiger partial charge on any atom is -0.508 e. The lowest BCUT2D eigenvalue weighted by Gasteiger charge is -2.18. The molecule has 1 N–H and O–H groups in total. The minimum absolute atomic E-state index is 0.161. The number of rotatable bonds is 2. The Morgan fingerprint density at radius 3 is 2.46 bits per heavy atom. The fraction of sp³-hybridized carbons (Fsp3) is 0.0870. The van der Waals surface area contributed by atoms with E-state index >= 15 is 0 Å². The molecular formula is C23H17NO4. The second-order valence-corrected chi connectivity index (χ2v) is 6.48. The SMILES string of the molecule is Oc1ccc2oc(-c3ccccc3)cc(=Nc3ccc4c(c3)OCCO4)c2c1. The molecule has 4 aromatic rings. The van der Waals surface area contributed by atoms with Gasteiger partial charge in [0.2, 0.25) is 0 Å². The van der Waals surface area contributed by atoms with Gasteiger partial charge in [0.25, 0.3) is 0 Å². The summed E-state index contributed by atoms with van der Waals surface area (Å²) in [6, 6.07) is 22.4. The zero-order valence-electron chi connectivity index (χ0n) is 15.0. The van der Waals surface area contributed by atoms with Crippen LogP contribution < -0.4 is 14.8 Å². The summed E-state index contributed by atoms with van der Waals surface area (Å²) < 4.78 is 17.3. The zero-order valence-corrected chi connectivity index (χ0v) is 15.0. The van der Waals surface area contributed by atoms with Crippen LogP contribution in [0.3, 0.4) is 0 Å². The first-order valence-electron chi connectivity index (χ1n) is 9.03. The molecule has 2 heterocycles. The number of ether oxygens (including phenoxy) is 2. The molecule has 0 aliphatic carbocycles. The molecule has 5 heteroatoms. The van der Waals surface area contributed by atoms with Crippen molar-refractivity contribution in [3.8, 4) is 28.6 Å². The van der Waals surface area contributed by atoms with Crippen LogP contribution >= 0.6 is 0 Å². The molecule has 0 saturated carbocycles. The van der Waals surface area contributed by atoms with Gasteiger partial charge in [0, 0.05) is 23.1 Å². The van der Waals surface area contributed by atoms with Crippen LogP contribution in [0.15, 0.2) is 82.2 Å². The molecule has 5 nitrogen and oxygen atoms in total. The Hall–Kier alpha value is -3.73. The molecule has 1 aliphatic rings. The quantitative estimate of drug-likeness (QED) is 0.549. The van der Waals surface area contributed by atoms with E-state index in [4.69, 9.17) is 18.9 Å². The minimum atomic E-state index is 0.161. The predicted molar refractivity (Wildman–Crippen MR) is 106 cm³/mol. The van der Waals surface area contributed by atoms with Crippen molar-refractivity contribution in [2.24, 2.45) is 4.99 Å². The Bertz CT molecular complexity index is 1230. The van der Waals surface area contributed by atoms with E-state index in [1.165, 1.54) is 0 Å². The maximum atomic E-state index is 9.95. The summed E-state index contributed by atoms with van der Waals surface area (Å²) in [4.78, 5) is 4.80. The van der Waals surface area contributed by atoms with Gasteiger partial charge in [-0.2, -0.15) is 0 Å². The number of benzene rings is 3. The Kier molecular flexibility index (Phi) is 3.98. The van der Waals surface area contributed by atoms with Crippen molar-refractivity contribution >= 4 is 16.7 Å². The molecule has 1 aliphatic heterocycles. The van der Waals surface area contributed by atoms with Crippen LogP contribution in [0.5, 0.6) is 17.2 Å². The van der Waals surface area contributed by atoms with Crippen molar-refractivity contribution in [2.45, 2.75) is 0 Å². The molecule has 0 amide bonds. The van der Waals surface area contributed by atoms with Gasteiger partial charge in [-0.15, -0.1) is 0 Å². The van der Waals surface area contributed by atoms with Crippen molar-refractivity contribution in [1.82, 2.24) is 0 Å². The number of phenolic OH excluding ortho intramolecular Hbond substituents is 1. The second-order valence-electron chi connectivity index (χ2n) is 6.48. The topological polar surface area (TPSA) is 64.2 Å². The van der Waals surface area contributed by atoms with Crippen molar-refractivity contribution < 1.29 is 19.0 Å². The van der Waals surface area contributed by atoms with Crippen LogP contribution in [-0.2, 0) is 0 Å². The number of nitrogens with zero attached hydrogens (tertiary/aromatic N) is 1. The summed E-state index contributed by atoms with van der Waals surface area (Å²) in [6.07, 6.45) is 0. The van der Waals surface area contributed by atoms with Crippen LogP contribution in [-0.4, -0.2) is 18.3 Å². The average molecular weight is 371 g/mol. The normalized spacial score (nSPS) is 13.6. The van der Waals surface area contributed by atoms with Crippen LogP contribution in [0.25, 0.3) is 22.3 Å². The van der Waals surface area contributed by atoms with E-state index in [2.05, 4.69) is 0 Å². The van der Waals surface area contributed by atoms with Gasteiger partial charge in [-0.25, -0.2) is 4.99 Å². The van der Waals surface area contributed by atoms with Gasteiger partial charge in [0.15, 0.2) is 11.5 Å². The van der Waals surface area contributed by atoms with Gasteiger partial charge < -0.3 is 19.0 Å². The number of phenols is 1. The highest BCUT2D eigenvalue weighted by atomic mass is 16.6. The molecule has 0 fully saturated rings. The Morgan fingerprint density at radius 1 is 0.786 bits per heavy atom. The number of aromatic hydroxyl groups is 1. The van der Waals surface area contributed by atoms with E-state index in [0.29, 0.717) is 35.7 Å². The molecule has 0 saturated heterocycles. The van der Waals surface area contributed by atoms with Crippen LogP contribution in [0.2, 0.25) is 0 Å². The molecule has 5 rings (SSSR count). The number of hydrogen-bond acceptors (Lipinski definition) is 5. The van der Waals surface area contributed by atoms with Crippen molar-refractivity contribution in [3.63, 3.8) is 0 Å². The second kappa shape index (κ2) is 6.78. The average Bonchev–Trinajstić information content (AvgIpc) is 2.74. The Morgan fingerprint density at radius 2 is 1.61 bits per heavy atom. The highest BCUT2D eigenvalue weighted by Gasteiger charge is 2.12. The molecule has 1 aromatic heterocycles. The maximum Gasteiger partial charge on any atom is 0.163 e. The highest BCUT2D eigenvalue weighted by molar-refractivity contribution is 5.80. The van der Waals surface area contributed by atoms with Gasteiger partial charge in [-0.3, -0.25) is 0 Å². The van der Waals surface area contributed by atoms with E-state index in [9.17, 15) is 5.11 Å². The first kappa shape index (κ1) is 16.4. The summed E-state index contributed by atoms with van der Waals surface area (Å²) in [5.41, 5.74) is 2.34. The van der Waals surface area contributed by atoms with Crippen molar-refractivity contribution in [2.75, 3.05) is 13.2 Å². The highest BCUT2D eigenvalue weighted by Crippen LogP contribution is 2.33. The third-order valence-corrected chi connectivity index (χ3v) is 4.56. The molecule has 0 radical (unpaired) electrons. The predicted octanol–water partition coefficient (Wildman–Crippen LogP) is 4.81. The fourth-order valence-corrected chi connectivity index (χ4v) is 3.23. The molecule has 28 heavy (non-hydrogen) atoms. The number of fused-ring (bicyclic) bond motifs is 2. The first-order valence-corrected chi connectivity index (χ1v) is 9.03. The van der Waals surface area contributed by atoms with Gasteiger partial charge in [-0.05, 0) is 30.3 Å². The lowest BCUT2D eigenvalue weighted by Crippen LogP contribution is -2.15. The summed E-state index contributed by atoms with van der Waals surface area (Å²) in [5, 5.41) is 11.4. The van der Waals surface area contributed by atoms with E-state index in [1.807, 2.05) is 54.6 Å². The van der Waals surface area contributed by atoms with Gasteiger partial charge in [0.05, 0.1) is 11.0 Å². The monoisotopic (exact) mass is 371 g/mol. The van der Waals surface area contributed by atoms with Gasteiger partial charge >= 0.3 is 0 Å². The van der Waals surface area contributed by atoms with E-state index in [0.717, 1.165) is 22.4 Å². The van der Waals surface area contributed by atoms with Crippen LogP contribution in [0.1, 0.15) is 0 Å². The Balaban J connectivity index is 1.73. The van der Waals surface area contributed by atoms with E-state index in [1.54, 1.807) is 18.2 Å². The van der Waals surface area contributed by atoms with Crippen molar-refractivity contribution in [1.29, 1.82) is 0 Å². The summed E-state index contributed by atoms with van der Waals surface area (Å²) in [6.45, 7) is 1.07. The van der Waals surface area contributed by atoms with Crippen molar-refractivity contribution in [3.05, 3.63) is 78.2 Å². The maximum absolute atomic E-state index is 9.95. The summed E-state index contributed by atoms with van der Waals surface area (Å²) in [5.74, 6) is 2.27. The molecule has 0 spiro atoms. The lowest BCUT2D eigenvalue weighted by molar-refractivity contribution is 0.171. The van der Waals surface area contributed by atoms with Crippen LogP contribution in [0.4, 0.5) is 5.69 Å². The van der Waals surface area contributed by atoms with Gasteiger partial charge in [-0.1, -0.05) is 30.3 Å². The van der Waals surface area contributed by atoms with Crippen LogP contribution in [0, 0.1) is 0 Å². The molecule has 0 bridgehead atoms. The smallest absolute Gasteiger partial charge is 0.163 e. The van der Waals surface area contributed by atoms with Gasteiger partial charge in [0.1, 0.15) is 30.3 Å². The molecule has 0 unspecified atom stereocenters. The molecule has 138 valence electrons. The molecular weight excluding hydrogens is 354 g/mol. The standard InChI is InChI=1S/C23H17NO4/c25-17-7-9-20-18(13-17)19(14-22(28-20)15-4-2-1-3-5-15)24-16-6-8-21-23(12-16)27-11-10-26-21/h1-9,12-14,25H,10-11H2. The largest absolute Gasteiger partial charge is 0.508 e. The van der Waals surface area contributed by atoms with E-state index < -0.39 is 0 Å². The lowest BCUT2D eigenvalue weighted by atomic mass is 10.1. The molecule has 0 atom stereocenters. The third-order valence-electron chi connectivity index (χ3n) is 4.56. The first-order chi connectivity index (χ1) is 13.8. The molecule has 3 aromatic carbocycles. The summed E-state index contributed by atoms with van der Waals surface area (Å²) >= 11 is 0. The zero-order chi connectivity index (χ0) is 18.9. The fourth-order valence-electron chi connectivity index (χ4n) is 3.23. The Labute approximate surface area is 161 Å². The summed E-state index contributed by atoms with van der Waals surface area (Å²) in [7, 11) is 0. The number of hydrogen-bond donors (Lipinski definition) is 1. The van der Waals surface area contributed by atoms with E-state index in [-0.39, 0.29) is 5.75 Å².